The number of anilines is 2. The average molecular weight is 446 g/mol. The van der Waals surface area contributed by atoms with E-state index in [0.717, 1.165) is 5.56 Å². The van der Waals surface area contributed by atoms with Crippen molar-refractivity contribution >= 4 is 23.3 Å². The minimum atomic E-state index is -0.515. The molecule has 2 aromatic carbocycles. The van der Waals surface area contributed by atoms with Gasteiger partial charge in [-0.3, -0.25) is 4.98 Å². The van der Waals surface area contributed by atoms with Crippen LogP contribution in [-0.4, -0.2) is 42.2 Å². The van der Waals surface area contributed by atoms with Crippen molar-refractivity contribution in [3.63, 3.8) is 0 Å². The predicted octanol–water partition coefficient (Wildman–Crippen LogP) is 5.71. The molecule has 1 aliphatic rings. The third-order valence-corrected chi connectivity index (χ3v) is 5.54. The fourth-order valence-corrected chi connectivity index (χ4v) is 3.70. The molecule has 0 saturated carbocycles. The Hall–Kier alpha value is -4.12. The van der Waals surface area contributed by atoms with Crippen molar-refractivity contribution in [3.8, 4) is 11.5 Å². The number of carbonyl (C=O) groups excluding carboxylic acids is 1. The van der Waals surface area contributed by atoms with Gasteiger partial charge < -0.3 is 19.3 Å². The van der Waals surface area contributed by atoms with Gasteiger partial charge >= 0.3 is 6.09 Å². The SMILES string of the molecule is [C-]#[N+]c1cccnc1N(CC)c1ccc(Oc2ccc(C[C@H]3COC(=O)N3C)cc2)c(F)c1. The molecule has 7 nitrogen and oxygen atoms in total. The smallest absolute Gasteiger partial charge is 0.409 e. The first-order chi connectivity index (χ1) is 16.0. The quantitative estimate of drug-likeness (QED) is 0.435. The van der Waals surface area contributed by atoms with Gasteiger partial charge in [-0.25, -0.2) is 14.0 Å². The molecule has 0 spiro atoms. The lowest BCUT2D eigenvalue weighted by Crippen LogP contribution is -2.30. The molecule has 1 saturated heterocycles. The van der Waals surface area contributed by atoms with Gasteiger partial charge in [-0.2, -0.15) is 0 Å². The van der Waals surface area contributed by atoms with Gasteiger partial charge in [0.2, 0.25) is 5.69 Å². The van der Waals surface area contributed by atoms with Crippen LogP contribution in [0.15, 0.2) is 60.8 Å². The van der Waals surface area contributed by atoms with E-state index in [0.29, 0.717) is 42.5 Å². The van der Waals surface area contributed by atoms with Gasteiger partial charge in [0.15, 0.2) is 11.6 Å². The van der Waals surface area contributed by atoms with Crippen LogP contribution in [0, 0.1) is 12.4 Å². The molecule has 3 aromatic rings. The molecule has 1 amide bonds. The van der Waals surface area contributed by atoms with Crippen LogP contribution >= 0.6 is 0 Å². The summed E-state index contributed by atoms with van der Waals surface area (Å²) in [6, 6.07) is 15.4. The number of amides is 1. The van der Waals surface area contributed by atoms with Crippen molar-refractivity contribution in [2.75, 3.05) is 25.1 Å². The minimum absolute atomic E-state index is 0.00163. The van der Waals surface area contributed by atoms with Gasteiger partial charge in [0.1, 0.15) is 18.2 Å². The average Bonchev–Trinajstić information content (AvgIpc) is 3.15. The zero-order valence-corrected chi connectivity index (χ0v) is 18.4. The van der Waals surface area contributed by atoms with E-state index in [2.05, 4.69) is 9.83 Å². The number of hydrogen-bond donors (Lipinski definition) is 0. The summed E-state index contributed by atoms with van der Waals surface area (Å²) in [5.41, 5.74) is 2.01. The molecule has 1 aromatic heterocycles. The molecule has 0 unspecified atom stereocenters. The Morgan fingerprint density at radius 2 is 2.06 bits per heavy atom. The van der Waals surface area contributed by atoms with Crippen LogP contribution in [0.5, 0.6) is 11.5 Å². The summed E-state index contributed by atoms with van der Waals surface area (Å²) in [6.07, 6.45) is 1.96. The van der Waals surface area contributed by atoms with Crippen molar-refractivity contribution in [3.05, 3.63) is 83.6 Å². The second-order valence-electron chi connectivity index (χ2n) is 7.61. The lowest BCUT2D eigenvalue weighted by molar-refractivity contribution is 0.163. The molecule has 0 bridgehead atoms. The molecule has 8 heteroatoms. The first kappa shape index (κ1) is 22.1. The van der Waals surface area contributed by atoms with E-state index in [-0.39, 0.29) is 17.9 Å². The second-order valence-corrected chi connectivity index (χ2v) is 7.61. The number of hydrogen-bond acceptors (Lipinski definition) is 5. The van der Waals surface area contributed by atoms with Crippen molar-refractivity contribution < 1.29 is 18.7 Å². The summed E-state index contributed by atoms with van der Waals surface area (Å²) in [5.74, 6) is 0.575. The number of likely N-dealkylation sites (N-methyl/N-ethyl adjacent to an activating group) is 1. The standard InChI is InChI=1S/C25H23FN4O3/c1-4-30(24-22(27-2)6-5-13-28-24)18-9-12-23(21(26)15-18)33-20-10-7-17(8-11-20)14-19-16-32-25(31)29(19)3/h5-13,15,19H,4,14,16H2,1,3H3/t19-/m0/s1. The molecule has 1 atom stereocenters. The molecular weight excluding hydrogens is 423 g/mol. The van der Waals surface area contributed by atoms with E-state index >= 15 is 0 Å². The van der Waals surface area contributed by atoms with Gasteiger partial charge in [0.25, 0.3) is 0 Å². The number of benzene rings is 2. The highest BCUT2D eigenvalue weighted by atomic mass is 19.1. The Morgan fingerprint density at radius 1 is 1.27 bits per heavy atom. The molecule has 1 fully saturated rings. The maximum Gasteiger partial charge on any atom is 0.409 e. The Morgan fingerprint density at radius 3 is 2.70 bits per heavy atom. The number of ether oxygens (including phenoxy) is 2. The van der Waals surface area contributed by atoms with Gasteiger partial charge in [0.05, 0.1) is 12.6 Å². The fourth-order valence-electron chi connectivity index (χ4n) is 3.70. The largest absolute Gasteiger partial charge is 0.454 e. The van der Waals surface area contributed by atoms with E-state index in [1.165, 1.54) is 6.07 Å². The number of nitrogens with zero attached hydrogens (tertiary/aromatic N) is 4. The van der Waals surface area contributed by atoms with Crippen molar-refractivity contribution in [2.24, 2.45) is 0 Å². The first-order valence-corrected chi connectivity index (χ1v) is 10.6. The summed E-state index contributed by atoms with van der Waals surface area (Å²) in [7, 11) is 1.72. The van der Waals surface area contributed by atoms with Gasteiger partial charge in [-0.05, 0) is 43.2 Å². The van der Waals surface area contributed by atoms with Crippen molar-refractivity contribution in [2.45, 2.75) is 19.4 Å². The molecular formula is C25H23FN4O3. The van der Waals surface area contributed by atoms with E-state index in [1.54, 1.807) is 59.4 Å². The highest BCUT2D eigenvalue weighted by Crippen LogP contribution is 2.34. The van der Waals surface area contributed by atoms with E-state index in [1.807, 2.05) is 19.1 Å². The Kier molecular flexibility index (Phi) is 6.41. The van der Waals surface area contributed by atoms with E-state index in [9.17, 15) is 9.18 Å². The maximum atomic E-state index is 14.9. The number of pyridine rings is 1. The number of halogens is 1. The van der Waals surface area contributed by atoms with E-state index in [4.69, 9.17) is 16.0 Å². The number of carbonyl (C=O) groups is 1. The topological polar surface area (TPSA) is 59.3 Å². The van der Waals surface area contributed by atoms with Crippen LogP contribution in [-0.2, 0) is 11.2 Å². The summed E-state index contributed by atoms with van der Waals surface area (Å²) in [6.45, 7) is 10.2. The molecule has 0 aliphatic carbocycles. The predicted molar refractivity (Wildman–Crippen MR) is 123 cm³/mol. The Labute approximate surface area is 191 Å². The zero-order valence-electron chi connectivity index (χ0n) is 18.4. The molecule has 0 radical (unpaired) electrons. The van der Waals surface area contributed by atoms with Crippen LogP contribution < -0.4 is 9.64 Å². The summed E-state index contributed by atoms with van der Waals surface area (Å²) < 4.78 is 25.7. The molecule has 1 aliphatic heterocycles. The van der Waals surface area contributed by atoms with Gasteiger partial charge in [-0.15, -0.1) is 0 Å². The molecule has 4 rings (SSSR count). The summed E-state index contributed by atoms with van der Waals surface area (Å²) in [5, 5.41) is 0. The first-order valence-electron chi connectivity index (χ1n) is 10.6. The molecule has 0 N–H and O–H groups in total. The molecule has 2 heterocycles. The maximum absolute atomic E-state index is 14.9. The minimum Gasteiger partial charge on any atom is -0.454 e. The van der Waals surface area contributed by atoms with Crippen LogP contribution in [0.25, 0.3) is 4.85 Å². The highest BCUT2D eigenvalue weighted by molar-refractivity contribution is 5.73. The highest BCUT2D eigenvalue weighted by Gasteiger charge is 2.29. The van der Waals surface area contributed by atoms with E-state index < -0.39 is 5.82 Å². The lowest BCUT2D eigenvalue weighted by Gasteiger charge is -2.23. The van der Waals surface area contributed by atoms with Crippen molar-refractivity contribution in [1.29, 1.82) is 0 Å². The molecule has 168 valence electrons. The Bertz CT molecular complexity index is 1190. The normalized spacial score (nSPS) is 15.2. The molecule has 33 heavy (non-hydrogen) atoms. The van der Waals surface area contributed by atoms with Gasteiger partial charge in [0, 0.05) is 31.5 Å². The van der Waals surface area contributed by atoms with Gasteiger partial charge in [-0.1, -0.05) is 24.3 Å². The zero-order chi connectivity index (χ0) is 23.4. The van der Waals surface area contributed by atoms with Crippen LogP contribution in [0.2, 0.25) is 0 Å². The van der Waals surface area contributed by atoms with Crippen LogP contribution in [0.3, 0.4) is 0 Å². The number of rotatable bonds is 7. The van der Waals surface area contributed by atoms with Crippen LogP contribution in [0.1, 0.15) is 12.5 Å². The Balaban J connectivity index is 1.47. The lowest BCUT2D eigenvalue weighted by atomic mass is 10.1. The number of cyclic esters (lactones) is 1. The number of aromatic nitrogens is 1. The fraction of sp³-hybridized carbons (Fsp3) is 0.240. The van der Waals surface area contributed by atoms with Crippen LogP contribution in [0.4, 0.5) is 26.4 Å². The summed E-state index contributed by atoms with van der Waals surface area (Å²) >= 11 is 0. The van der Waals surface area contributed by atoms with Crippen molar-refractivity contribution in [1.82, 2.24) is 9.88 Å². The second kappa shape index (κ2) is 9.57. The summed E-state index contributed by atoms with van der Waals surface area (Å²) in [4.78, 5) is 22.7. The third-order valence-electron chi connectivity index (χ3n) is 5.54. The third kappa shape index (κ3) is 4.72. The monoisotopic (exact) mass is 446 g/mol.